The Labute approximate surface area is 76.0 Å². The molecule has 0 aliphatic heterocycles. The second kappa shape index (κ2) is 6.13. The third kappa shape index (κ3) is 3.82. The number of benzene rings is 1. The standard InChI is InChI=1S/C9H15N2P/c12-11-7-6-10-8-9-4-2-1-3-5-9/h1-5,10-11H,6-8,12H2. The number of hydrogen-bond donors (Lipinski definition) is 2. The smallest absolute Gasteiger partial charge is 0.0206 e. The average Bonchev–Trinajstić information content (AvgIpc) is 2.14. The molecule has 2 N–H and O–H groups in total. The lowest BCUT2D eigenvalue weighted by Crippen LogP contribution is -2.21. The zero-order valence-corrected chi connectivity index (χ0v) is 8.24. The summed E-state index contributed by atoms with van der Waals surface area (Å²) in [7, 11) is 2.49. The van der Waals surface area contributed by atoms with Crippen LogP contribution in [0.3, 0.4) is 0 Å². The van der Waals surface area contributed by atoms with E-state index in [1.807, 2.05) is 6.07 Å². The van der Waals surface area contributed by atoms with Crippen molar-refractivity contribution in [3.05, 3.63) is 35.9 Å². The predicted molar refractivity (Wildman–Crippen MR) is 55.9 cm³/mol. The molecule has 1 unspecified atom stereocenters. The first-order valence-electron chi connectivity index (χ1n) is 4.11. The molecule has 0 heterocycles. The van der Waals surface area contributed by atoms with Gasteiger partial charge in [-0.1, -0.05) is 39.7 Å². The lowest BCUT2D eigenvalue weighted by molar-refractivity contribution is 0.681. The van der Waals surface area contributed by atoms with Crippen LogP contribution >= 0.6 is 9.39 Å². The molecule has 0 aliphatic rings. The molecule has 0 bridgehead atoms. The predicted octanol–water partition coefficient (Wildman–Crippen LogP) is 1.16. The molecule has 2 nitrogen and oxygen atoms in total. The highest BCUT2D eigenvalue weighted by Gasteiger charge is 1.88. The van der Waals surface area contributed by atoms with E-state index in [-0.39, 0.29) is 0 Å². The fourth-order valence-corrected chi connectivity index (χ4v) is 1.13. The average molecular weight is 182 g/mol. The Hall–Kier alpha value is -0.430. The van der Waals surface area contributed by atoms with E-state index in [4.69, 9.17) is 0 Å². The Morgan fingerprint density at radius 2 is 1.83 bits per heavy atom. The first-order valence-corrected chi connectivity index (χ1v) is 4.69. The lowest BCUT2D eigenvalue weighted by Gasteiger charge is -2.03. The molecule has 0 aromatic heterocycles. The maximum absolute atomic E-state index is 3.33. The van der Waals surface area contributed by atoms with Gasteiger partial charge in [0.1, 0.15) is 0 Å². The summed E-state index contributed by atoms with van der Waals surface area (Å²) < 4.78 is 0. The summed E-state index contributed by atoms with van der Waals surface area (Å²) in [6, 6.07) is 10.4. The van der Waals surface area contributed by atoms with Crippen LogP contribution in [0.1, 0.15) is 5.56 Å². The van der Waals surface area contributed by atoms with E-state index in [1.54, 1.807) is 0 Å². The fraction of sp³-hybridized carbons (Fsp3) is 0.333. The van der Waals surface area contributed by atoms with E-state index in [2.05, 4.69) is 44.1 Å². The zero-order valence-electron chi connectivity index (χ0n) is 7.09. The molecule has 1 aromatic rings. The molecule has 1 aromatic carbocycles. The minimum absolute atomic E-state index is 0.952. The van der Waals surface area contributed by atoms with Crippen molar-refractivity contribution in [2.45, 2.75) is 6.54 Å². The molecule has 1 atom stereocenters. The zero-order chi connectivity index (χ0) is 8.65. The quantitative estimate of drug-likeness (QED) is 0.527. The van der Waals surface area contributed by atoms with E-state index >= 15 is 0 Å². The van der Waals surface area contributed by atoms with Gasteiger partial charge in [0.15, 0.2) is 0 Å². The molecule has 0 spiro atoms. The highest BCUT2D eigenvalue weighted by Crippen LogP contribution is 1.96. The van der Waals surface area contributed by atoms with Gasteiger partial charge in [0, 0.05) is 19.6 Å². The minimum atomic E-state index is 0.952. The Bertz CT molecular complexity index is 201. The summed E-state index contributed by atoms with van der Waals surface area (Å²) in [5.74, 6) is 0. The minimum Gasteiger partial charge on any atom is -0.311 e. The lowest BCUT2D eigenvalue weighted by atomic mass is 10.2. The summed E-state index contributed by atoms with van der Waals surface area (Å²) in [5, 5.41) is 6.33. The van der Waals surface area contributed by atoms with Gasteiger partial charge >= 0.3 is 0 Å². The largest absolute Gasteiger partial charge is 0.311 e. The van der Waals surface area contributed by atoms with Crippen LogP contribution in [0.5, 0.6) is 0 Å². The van der Waals surface area contributed by atoms with Crippen LogP contribution in [0.4, 0.5) is 0 Å². The molecular weight excluding hydrogens is 167 g/mol. The first kappa shape index (κ1) is 9.66. The van der Waals surface area contributed by atoms with Crippen LogP contribution in [0.15, 0.2) is 30.3 Å². The molecule has 66 valence electrons. The molecule has 12 heavy (non-hydrogen) atoms. The van der Waals surface area contributed by atoms with Crippen molar-refractivity contribution < 1.29 is 0 Å². The highest BCUT2D eigenvalue weighted by atomic mass is 31.0. The molecule has 1 rings (SSSR count). The molecule has 0 saturated carbocycles. The Morgan fingerprint density at radius 3 is 2.50 bits per heavy atom. The van der Waals surface area contributed by atoms with Crippen molar-refractivity contribution in [2.75, 3.05) is 13.1 Å². The molecule has 0 saturated heterocycles. The maximum atomic E-state index is 3.33. The van der Waals surface area contributed by atoms with Crippen molar-refractivity contribution >= 4 is 9.39 Å². The van der Waals surface area contributed by atoms with Gasteiger partial charge < -0.3 is 5.32 Å². The van der Waals surface area contributed by atoms with Gasteiger partial charge in [0.2, 0.25) is 0 Å². The summed E-state index contributed by atoms with van der Waals surface area (Å²) in [6.45, 7) is 2.93. The molecule has 0 aliphatic carbocycles. The van der Waals surface area contributed by atoms with Crippen LogP contribution in [-0.4, -0.2) is 13.1 Å². The third-order valence-electron chi connectivity index (χ3n) is 1.62. The van der Waals surface area contributed by atoms with Gasteiger partial charge in [0.05, 0.1) is 0 Å². The summed E-state index contributed by atoms with van der Waals surface area (Å²) in [4.78, 5) is 0. The molecule has 0 radical (unpaired) electrons. The van der Waals surface area contributed by atoms with E-state index in [9.17, 15) is 0 Å². The Kier molecular flexibility index (Phi) is 4.93. The first-order chi connectivity index (χ1) is 5.93. The highest BCUT2D eigenvalue weighted by molar-refractivity contribution is 7.13. The second-order valence-corrected chi connectivity index (χ2v) is 3.02. The fourth-order valence-electron chi connectivity index (χ4n) is 0.989. The number of hydrogen-bond acceptors (Lipinski definition) is 2. The Balaban J connectivity index is 2.16. The van der Waals surface area contributed by atoms with Crippen molar-refractivity contribution in [1.82, 2.24) is 10.4 Å². The molecule has 0 fully saturated rings. The molecule has 3 heteroatoms. The van der Waals surface area contributed by atoms with Crippen LogP contribution in [-0.2, 0) is 6.54 Å². The van der Waals surface area contributed by atoms with Crippen molar-refractivity contribution in [2.24, 2.45) is 0 Å². The van der Waals surface area contributed by atoms with Gasteiger partial charge in [-0.15, -0.1) is 0 Å². The van der Waals surface area contributed by atoms with Crippen LogP contribution in [0, 0.1) is 0 Å². The van der Waals surface area contributed by atoms with Crippen LogP contribution in [0.25, 0.3) is 0 Å². The summed E-state index contributed by atoms with van der Waals surface area (Å²) >= 11 is 0. The van der Waals surface area contributed by atoms with E-state index < -0.39 is 0 Å². The van der Waals surface area contributed by atoms with Crippen molar-refractivity contribution in [3.8, 4) is 0 Å². The van der Waals surface area contributed by atoms with Gasteiger partial charge in [-0.05, 0) is 5.56 Å². The SMILES string of the molecule is PNCCNCc1ccccc1. The van der Waals surface area contributed by atoms with E-state index in [0.717, 1.165) is 19.6 Å². The van der Waals surface area contributed by atoms with Crippen molar-refractivity contribution in [1.29, 1.82) is 0 Å². The second-order valence-electron chi connectivity index (χ2n) is 2.62. The normalized spacial score (nSPS) is 10.1. The molecular formula is C9H15N2P. The molecule has 0 amide bonds. The topological polar surface area (TPSA) is 24.1 Å². The maximum Gasteiger partial charge on any atom is 0.0206 e. The van der Waals surface area contributed by atoms with Crippen LogP contribution in [0.2, 0.25) is 0 Å². The van der Waals surface area contributed by atoms with Gasteiger partial charge in [-0.25, -0.2) is 0 Å². The Morgan fingerprint density at radius 1 is 1.08 bits per heavy atom. The summed E-state index contributed by atoms with van der Waals surface area (Å²) in [6.07, 6.45) is 0. The monoisotopic (exact) mass is 182 g/mol. The van der Waals surface area contributed by atoms with Gasteiger partial charge in [-0.2, -0.15) is 0 Å². The van der Waals surface area contributed by atoms with Crippen molar-refractivity contribution in [3.63, 3.8) is 0 Å². The third-order valence-corrected chi connectivity index (χ3v) is 1.91. The number of rotatable bonds is 5. The van der Waals surface area contributed by atoms with Crippen LogP contribution < -0.4 is 10.4 Å². The van der Waals surface area contributed by atoms with Gasteiger partial charge in [-0.3, -0.25) is 5.09 Å². The van der Waals surface area contributed by atoms with Gasteiger partial charge in [0.25, 0.3) is 0 Å². The van der Waals surface area contributed by atoms with E-state index in [1.165, 1.54) is 5.56 Å². The van der Waals surface area contributed by atoms with E-state index in [0.29, 0.717) is 0 Å². The number of nitrogens with one attached hydrogen (secondary N) is 2. The summed E-state index contributed by atoms with van der Waals surface area (Å²) in [5.41, 5.74) is 1.33.